The van der Waals surface area contributed by atoms with E-state index in [2.05, 4.69) is 5.32 Å². The first kappa shape index (κ1) is 31.1. The first-order valence-electron chi connectivity index (χ1n) is 13.0. The van der Waals surface area contributed by atoms with Gasteiger partial charge in [0, 0.05) is 17.6 Å². The van der Waals surface area contributed by atoms with E-state index in [9.17, 15) is 22.4 Å². The van der Waals surface area contributed by atoms with E-state index in [0.29, 0.717) is 16.1 Å². The van der Waals surface area contributed by atoms with Gasteiger partial charge in [-0.05, 0) is 81.6 Å². The number of aryl methyl sites for hydroxylation is 1. The highest BCUT2D eigenvalue weighted by Crippen LogP contribution is 2.31. The molecule has 1 unspecified atom stereocenters. The van der Waals surface area contributed by atoms with Gasteiger partial charge in [-0.2, -0.15) is 0 Å². The van der Waals surface area contributed by atoms with Crippen molar-refractivity contribution in [3.8, 4) is 0 Å². The van der Waals surface area contributed by atoms with Gasteiger partial charge in [0.15, 0.2) is 0 Å². The molecule has 1 atom stereocenters. The number of nitrogens with one attached hydrogen (secondary N) is 1. The van der Waals surface area contributed by atoms with Crippen molar-refractivity contribution in [2.75, 3.05) is 10.8 Å². The number of anilines is 1. The van der Waals surface area contributed by atoms with Gasteiger partial charge < -0.3 is 10.2 Å². The van der Waals surface area contributed by atoms with Gasteiger partial charge in [0.05, 0.1) is 10.6 Å². The zero-order valence-corrected chi connectivity index (χ0v) is 24.9. The smallest absolute Gasteiger partial charge is 0.264 e. The van der Waals surface area contributed by atoms with E-state index < -0.39 is 34.3 Å². The highest BCUT2D eigenvalue weighted by molar-refractivity contribution is 7.92. The summed E-state index contributed by atoms with van der Waals surface area (Å²) in [5, 5.41) is 3.19. The van der Waals surface area contributed by atoms with Gasteiger partial charge in [0.1, 0.15) is 18.4 Å². The Bertz CT molecular complexity index is 1440. The Morgan fingerprint density at radius 2 is 1.60 bits per heavy atom. The Labute approximate surface area is 241 Å². The van der Waals surface area contributed by atoms with Crippen LogP contribution in [-0.2, 0) is 26.2 Å². The lowest BCUT2D eigenvalue weighted by molar-refractivity contribution is -0.140. The molecule has 0 fully saturated rings. The lowest BCUT2D eigenvalue weighted by Gasteiger charge is -2.34. The summed E-state index contributed by atoms with van der Waals surface area (Å²) in [6.45, 7) is 8.33. The van der Waals surface area contributed by atoms with Crippen molar-refractivity contribution in [3.05, 3.63) is 94.3 Å². The molecule has 0 aliphatic carbocycles. The molecule has 3 aromatic rings. The van der Waals surface area contributed by atoms with E-state index in [1.54, 1.807) is 44.2 Å². The van der Waals surface area contributed by atoms with Gasteiger partial charge in [0.25, 0.3) is 10.0 Å². The molecule has 0 aliphatic rings. The maximum atomic E-state index is 14.0. The summed E-state index contributed by atoms with van der Waals surface area (Å²) in [7, 11) is -4.21. The molecule has 10 heteroatoms. The second-order valence-corrected chi connectivity index (χ2v) is 12.2. The average molecular weight is 588 g/mol. The second-order valence-electron chi connectivity index (χ2n) is 9.94. The highest BCUT2D eigenvalue weighted by Gasteiger charge is 2.34. The number of nitrogens with zero attached hydrogens (tertiary/aromatic N) is 2. The minimum atomic E-state index is -4.21. The van der Waals surface area contributed by atoms with Crippen molar-refractivity contribution < 1.29 is 22.4 Å². The summed E-state index contributed by atoms with van der Waals surface area (Å²) in [5.41, 5.74) is 2.22. The number of benzene rings is 3. The van der Waals surface area contributed by atoms with E-state index in [1.165, 1.54) is 41.3 Å². The summed E-state index contributed by atoms with van der Waals surface area (Å²) in [6.07, 6.45) is 0.284. The predicted molar refractivity (Wildman–Crippen MR) is 156 cm³/mol. The molecular weight excluding hydrogens is 553 g/mol. The van der Waals surface area contributed by atoms with E-state index >= 15 is 0 Å². The number of carbonyl (C=O) groups is 2. The van der Waals surface area contributed by atoms with Crippen molar-refractivity contribution in [1.82, 2.24) is 10.2 Å². The van der Waals surface area contributed by atoms with Gasteiger partial charge in [0.2, 0.25) is 11.8 Å². The number of halogens is 2. The van der Waals surface area contributed by atoms with Crippen LogP contribution >= 0.6 is 11.6 Å². The van der Waals surface area contributed by atoms with Crippen molar-refractivity contribution >= 4 is 39.1 Å². The fraction of sp³-hybridized carbons (Fsp3) is 0.333. The summed E-state index contributed by atoms with van der Waals surface area (Å²) < 4.78 is 42.6. The molecular formula is C30H35ClFN3O4S. The van der Waals surface area contributed by atoms with Crippen LogP contribution in [0.3, 0.4) is 0 Å². The number of carbonyl (C=O) groups excluding carboxylic acids is 2. The van der Waals surface area contributed by atoms with Crippen LogP contribution < -0.4 is 9.62 Å². The lowest BCUT2D eigenvalue weighted by Crippen LogP contribution is -2.53. The van der Waals surface area contributed by atoms with Crippen LogP contribution in [0.2, 0.25) is 5.02 Å². The molecule has 0 aromatic heterocycles. The molecule has 0 bridgehead atoms. The zero-order valence-electron chi connectivity index (χ0n) is 23.3. The third kappa shape index (κ3) is 7.40. The number of sulfonamides is 1. The van der Waals surface area contributed by atoms with E-state index in [1.807, 2.05) is 20.8 Å². The van der Waals surface area contributed by atoms with Gasteiger partial charge in [-0.3, -0.25) is 13.9 Å². The standard InChI is InChI=1S/C30H35ClFN3O4S/c1-6-27(30(37)33-20(2)3)34(18-23-12-14-24(32)15-13-23)29(36)19-35(28-9-7-8-26(31)22(28)5)40(38,39)25-16-10-21(4)11-17-25/h7-17,20,27H,6,18-19H2,1-5H3,(H,33,37). The predicted octanol–water partition coefficient (Wildman–Crippen LogP) is 5.62. The molecule has 3 rings (SSSR count). The molecule has 0 saturated heterocycles. The van der Waals surface area contributed by atoms with Gasteiger partial charge in [-0.15, -0.1) is 0 Å². The van der Waals surface area contributed by atoms with Crippen molar-refractivity contribution in [3.63, 3.8) is 0 Å². The number of hydrogen-bond donors (Lipinski definition) is 1. The van der Waals surface area contributed by atoms with Crippen LogP contribution in [0.1, 0.15) is 43.9 Å². The average Bonchev–Trinajstić information content (AvgIpc) is 2.89. The zero-order chi connectivity index (χ0) is 29.6. The summed E-state index contributed by atoms with van der Waals surface area (Å²) in [4.78, 5) is 28.6. The summed E-state index contributed by atoms with van der Waals surface area (Å²) >= 11 is 6.36. The Kier molecular flexibility index (Phi) is 10.3. The molecule has 2 amide bonds. The van der Waals surface area contributed by atoms with Crippen LogP contribution in [0.5, 0.6) is 0 Å². The minimum absolute atomic E-state index is 0.0138. The third-order valence-electron chi connectivity index (χ3n) is 6.48. The molecule has 1 N–H and O–H groups in total. The fourth-order valence-electron chi connectivity index (χ4n) is 4.30. The molecule has 0 aliphatic heterocycles. The fourth-order valence-corrected chi connectivity index (χ4v) is 5.94. The molecule has 0 spiro atoms. The SMILES string of the molecule is CCC(C(=O)NC(C)C)N(Cc1ccc(F)cc1)C(=O)CN(c1cccc(Cl)c1C)S(=O)(=O)c1ccc(C)cc1. The molecule has 40 heavy (non-hydrogen) atoms. The topological polar surface area (TPSA) is 86.8 Å². The maximum absolute atomic E-state index is 14.0. The molecule has 3 aromatic carbocycles. The van der Waals surface area contributed by atoms with Crippen LogP contribution in [0.25, 0.3) is 0 Å². The number of hydrogen-bond acceptors (Lipinski definition) is 4. The van der Waals surface area contributed by atoms with E-state index in [0.717, 1.165) is 9.87 Å². The maximum Gasteiger partial charge on any atom is 0.264 e. The van der Waals surface area contributed by atoms with Crippen molar-refractivity contribution in [1.29, 1.82) is 0 Å². The van der Waals surface area contributed by atoms with Gasteiger partial charge >= 0.3 is 0 Å². The minimum Gasteiger partial charge on any atom is -0.352 e. The first-order valence-corrected chi connectivity index (χ1v) is 14.9. The Balaban J connectivity index is 2.10. The highest BCUT2D eigenvalue weighted by atomic mass is 35.5. The van der Waals surface area contributed by atoms with Crippen LogP contribution in [0.15, 0.2) is 71.6 Å². The first-order chi connectivity index (χ1) is 18.8. The largest absolute Gasteiger partial charge is 0.352 e. The molecule has 7 nitrogen and oxygen atoms in total. The molecule has 0 radical (unpaired) electrons. The van der Waals surface area contributed by atoms with E-state index in [4.69, 9.17) is 11.6 Å². The molecule has 0 heterocycles. The van der Waals surface area contributed by atoms with Crippen molar-refractivity contribution in [2.24, 2.45) is 0 Å². The lowest BCUT2D eigenvalue weighted by atomic mass is 10.1. The number of rotatable bonds is 11. The second kappa shape index (κ2) is 13.3. The Hall–Kier alpha value is -3.43. The summed E-state index contributed by atoms with van der Waals surface area (Å²) in [5.74, 6) is -1.39. The molecule has 214 valence electrons. The third-order valence-corrected chi connectivity index (χ3v) is 8.66. The normalized spacial score (nSPS) is 12.2. The van der Waals surface area contributed by atoms with Gasteiger partial charge in [-0.1, -0.05) is 54.4 Å². The monoisotopic (exact) mass is 587 g/mol. The van der Waals surface area contributed by atoms with Crippen LogP contribution in [0.4, 0.5) is 10.1 Å². The van der Waals surface area contributed by atoms with E-state index in [-0.39, 0.29) is 35.5 Å². The summed E-state index contributed by atoms with van der Waals surface area (Å²) in [6, 6.07) is 15.8. The Morgan fingerprint density at radius 3 is 2.17 bits per heavy atom. The van der Waals surface area contributed by atoms with Gasteiger partial charge in [-0.25, -0.2) is 12.8 Å². The quantitative estimate of drug-likeness (QED) is 0.315. The van der Waals surface area contributed by atoms with Crippen LogP contribution in [-0.4, -0.2) is 43.8 Å². The number of amides is 2. The van der Waals surface area contributed by atoms with Crippen LogP contribution in [0, 0.1) is 19.7 Å². The Morgan fingerprint density at radius 1 is 0.975 bits per heavy atom. The van der Waals surface area contributed by atoms with Crippen molar-refractivity contribution in [2.45, 2.75) is 64.6 Å². The molecule has 0 saturated carbocycles.